The fraction of sp³-hybridized carbons (Fsp3) is 0.587. The molecular formula is C92H125N5O38S3. The molecule has 0 radical (unpaired) electrons. The van der Waals surface area contributed by atoms with Crippen molar-refractivity contribution in [1.29, 1.82) is 0 Å². The molecule has 12 rings (SSSR count). The molecule has 8 aliphatic carbocycles. The molecular weight excluding hydrogens is 1880 g/mol. The predicted octanol–water partition coefficient (Wildman–Crippen LogP) is 7.75. The Kier molecular flexibility index (Phi) is 52.2. The standard InChI is InChI=1S/C24H28N2O8.C16H29NO5.C12H16O4.C12H12O4.C10H18N2O4.C9H12O4.C5H6O4S3.C4H4O5/c27-21(28)13-25(15-23(31)33-17-19-7-3-1-4-8-19)11-12-26(14-22(29)30)16-24(32)34-18-20-9-5-2-6-10-20;1-2-3-4-5-6-7-8-9-10-11-14(18)17-13(16(21)22)12-15(19)20;13-9(14)11-2-7-1-8(4-11)5-12(3-7,6-11)10(15)16;13-11(14)6-3-7-5-1-9(8(7)4-6)10(2-5)12(15)16;13-9(14)1-3-11-5-7-12(8-6-11)4-2-10(15)16;1-5-2-3-6(8(10)11)7(4-5)9(12)13;6-3(7)1-11-5(10)12-2-4(8)9;5-3(6)1-2(9-1)4(7)8/h1-10H,11-18H2,(H,27,28)(H,29,30);13H,2-12H2,1H3,(H,17,18)(H,19,20)(H,21,22);7-8H,1-6H2,(H,13,14)(H,15,16);2,4-5,7-9H,1,3H2,(H,13,14)(H,15,16);1-8H2,(H,13,14)(H,15,16);2,6-7H,3-4H2,1H3,(H,10,11)(H,12,13);1-2H2,(H,6,7)(H,8,9);1-2H,(H,5,6)(H,7,8)/t;13-;;5-,7?,8?,9-;;6-,7+;;1-,2+/m.0.0.0../s1. The number of carbonyl (C=O) groups is 19. The Labute approximate surface area is 808 Å². The van der Waals surface area contributed by atoms with E-state index < -0.39 is 174 Å². The first kappa shape index (κ1) is 118. The first-order chi connectivity index (χ1) is 65.1. The maximum Gasteiger partial charge on any atom is 0.336 e. The number of rotatable bonds is 47. The molecule has 10 aliphatic rings. The van der Waals surface area contributed by atoms with Crippen molar-refractivity contribution in [1.82, 2.24) is 24.9 Å². The van der Waals surface area contributed by atoms with Gasteiger partial charge in [-0.1, -0.05) is 178 Å². The summed E-state index contributed by atoms with van der Waals surface area (Å²) in [7, 11) is 0. The summed E-state index contributed by atoms with van der Waals surface area (Å²) in [6, 6.07) is 16.7. The van der Waals surface area contributed by atoms with Gasteiger partial charge in [0.05, 0.1) is 79.6 Å². The van der Waals surface area contributed by atoms with Gasteiger partial charge >= 0.3 is 107 Å². The number of thioether (sulfide) groups is 2. The van der Waals surface area contributed by atoms with Gasteiger partial charge in [-0.3, -0.25) is 76.9 Å². The van der Waals surface area contributed by atoms with Crippen LogP contribution in [-0.2, 0) is 119 Å². The number of nitrogens with zero attached hydrogens (tertiary/aromatic N) is 4. The van der Waals surface area contributed by atoms with Crippen molar-refractivity contribution in [2.24, 2.45) is 58.2 Å². The highest BCUT2D eigenvalue weighted by Gasteiger charge is 2.64. The van der Waals surface area contributed by atoms with Gasteiger partial charge in [-0.25, -0.2) is 24.0 Å². The quantitative estimate of drug-likeness (QED) is 0.00989. The zero-order valence-corrected chi connectivity index (χ0v) is 79.0. The highest BCUT2D eigenvalue weighted by atomic mass is 32.2. The Morgan fingerprint density at radius 3 is 1.30 bits per heavy atom. The topological polar surface area (TPSA) is 704 Å². The number of esters is 2. The summed E-state index contributed by atoms with van der Waals surface area (Å²) in [5, 5.41) is 142. The zero-order chi connectivity index (χ0) is 103. The number of allylic oxidation sites excluding steroid dienone is 4. The summed E-state index contributed by atoms with van der Waals surface area (Å²) in [5.74, 6) is -18.0. The molecule has 5 saturated carbocycles. The molecule has 43 nitrogen and oxygen atoms in total. The van der Waals surface area contributed by atoms with Crippen molar-refractivity contribution in [2.75, 3.05) is 90.0 Å². The fourth-order valence-corrected chi connectivity index (χ4v) is 19.2. The Bertz CT molecular complexity index is 4430. The summed E-state index contributed by atoms with van der Waals surface area (Å²) in [6.45, 7) is 7.20. The third kappa shape index (κ3) is 44.8. The highest BCUT2D eigenvalue weighted by molar-refractivity contribution is 8.47. The Morgan fingerprint density at radius 2 is 0.935 bits per heavy atom. The van der Waals surface area contributed by atoms with Gasteiger partial charge in [0.2, 0.25) is 5.91 Å². The van der Waals surface area contributed by atoms with Crippen LogP contribution in [-0.4, -0.2) is 326 Å². The second-order valence-electron chi connectivity index (χ2n) is 34.8. The Hall–Kier alpha value is -11.8. The third-order valence-corrected chi connectivity index (χ3v) is 26.7. The molecule has 1 amide bonds. The number of aliphatic carboxylic acids is 16. The molecule has 17 N–H and O–H groups in total. The highest BCUT2D eigenvalue weighted by Crippen LogP contribution is 2.65. The largest absolute Gasteiger partial charge is 0.481 e. The van der Waals surface area contributed by atoms with Gasteiger partial charge in [-0.05, 0) is 124 Å². The van der Waals surface area contributed by atoms with Gasteiger partial charge in [-0.15, -0.1) is 0 Å². The molecule has 0 spiro atoms. The molecule has 7 fully saturated rings. The number of nitrogens with one attached hydrogen (secondary N) is 1. The van der Waals surface area contributed by atoms with Gasteiger partial charge in [-0.2, -0.15) is 0 Å². The predicted molar refractivity (Wildman–Crippen MR) is 493 cm³/mol. The zero-order valence-electron chi connectivity index (χ0n) is 76.6. The van der Waals surface area contributed by atoms with Crippen LogP contribution in [0.3, 0.4) is 0 Å². The number of ether oxygens (including phenoxy) is 3. The van der Waals surface area contributed by atoms with E-state index in [2.05, 4.69) is 26.8 Å². The van der Waals surface area contributed by atoms with Gasteiger partial charge in [0.15, 0.2) is 12.2 Å². The monoisotopic (exact) mass is 2000 g/mol. The van der Waals surface area contributed by atoms with Crippen LogP contribution in [0.25, 0.3) is 0 Å². The number of hydrogen-bond acceptors (Lipinski definition) is 29. The lowest BCUT2D eigenvalue weighted by molar-refractivity contribution is -0.187. The summed E-state index contributed by atoms with van der Waals surface area (Å²) in [4.78, 5) is 213. The van der Waals surface area contributed by atoms with E-state index in [9.17, 15) is 101 Å². The maximum atomic E-state index is 12.2. The molecule has 2 saturated heterocycles. The van der Waals surface area contributed by atoms with Crippen LogP contribution >= 0.6 is 35.7 Å². The lowest BCUT2D eigenvalue weighted by Gasteiger charge is -2.58. The summed E-state index contributed by atoms with van der Waals surface area (Å²) >= 11 is 6.61. The number of piperazine rings is 1. The van der Waals surface area contributed by atoms with Crippen LogP contribution in [0.15, 0.2) is 95.6 Å². The number of unbranched alkanes of at least 4 members (excludes halogenated alkanes) is 8. The molecule has 2 heterocycles. The number of carboxylic acid groups (broad SMARTS) is 16. The third-order valence-electron chi connectivity index (χ3n) is 24.1. The van der Waals surface area contributed by atoms with E-state index in [1.165, 1.54) is 48.3 Å². The van der Waals surface area contributed by atoms with E-state index in [0.29, 0.717) is 103 Å². The van der Waals surface area contributed by atoms with Gasteiger partial charge in [0.25, 0.3) is 0 Å². The number of epoxide rings is 1. The average Bonchev–Trinajstić information content (AvgIpc) is 1.04. The van der Waals surface area contributed by atoms with E-state index in [0.717, 1.165) is 92.1 Å². The number of carbonyl (C=O) groups excluding carboxylic acids is 3. The number of carboxylic acids is 16. The van der Waals surface area contributed by atoms with Crippen LogP contribution in [0.2, 0.25) is 0 Å². The van der Waals surface area contributed by atoms with E-state index in [1.807, 2.05) is 49.4 Å². The van der Waals surface area contributed by atoms with E-state index >= 15 is 0 Å². The molecule has 2 unspecified atom stereocenters. The maximum absolute atomic E-state index is 12.2. The molecule has 2 aromatic rings. The van der Waals surface area contributed by atoms with Gasteiger partial charge in [0, 0.05) is 69.9 Å². The number of thiocarbonyl (C=S) groups is 1. The summed E-state index contributed by atoms with van der Waals surface area (Å²) < 4.78 is 15.0. The SMILES string of the molecule is CC1=CC[C@H](C(=O)O)[C@H](C(=O)O)C1.CCCCCCCCCCCC(=O)N[C@@H](CC(=O)O)C(=O)O.O=C(O)C12CC3CC(C1)CC(C(=O)O)(C3)C2.O=C(O)C1=CC2C(C1)[C@@H]1C=C(C(=O)O)[C@H]2C1.O=C(O)CCN1CCN(CCC(=O)O)CC1.O=C(O)CN(CCN(CC(=O)O)CC(=O)OCc1ccccc1)CC(=O)OCc1ccccc1.O=C(O)CSC(=S)SCC(=O)O.O=C(O)[C@H]1O[C@H]1C(=O)O. The van der Waals surface area contributed by atoms with Gasteiger partial charge in [0.1, 0.15) is 22.8 Å². The minimum Gasteiger partial charge on any atom is -0.481 e. The lowest BCUT2D eigenvalue weighted by Crippen LogP contribution is -2.57. The van der Waals surface area contributed by atoms with Crippen molar-refractivity contribution in [3.8, 4) is 0 Å². The van der Waals surface area contributed by atoms with Crippen molar-refractivity contribution < 1.29 is 187 Å². The molecule has 9 atom stereocenters. The first-order valence-corrected chi connectivity index (χ1v) is 47.2. The second kappa shape index (κ2) is 60.8. The van der Waals surface area contributed by atoms with Crippen molar-refractivity contribution in [3.05, 3.63) is 107 Å². The van der Waals surface area contributed by atoms with Crippen LogP contribution in [0.4, 0.5) is 0 Å². The smallest absolute Gasteiger partial charge is 0.336 e. The number of amides is 1. The van der Waals surface area contributed by atoms with E-state index in [-0.39, 0.29) is 87.9 Å². The summed E-state index contributed by atoms with van der Waals surface area (Å²) in [6.07, 6.45) is 19.8. The normalized spacial score (nSPS) is 22.4. The van der Waals surface area contributed by atoms with Crippen LogP contribution in [0.5, 0.6) is 0 Å². The lowest BCUT2D eigenvalue weighted by atomic mass is 9.44. The number of hydrogen-bond donors (Lipinski definition) is 17. The first-order valence-electron chi connectivity index (χ1n) is 44.8. The van der Waals surface area contributed by atoms with Crippen LogP contribution < -0.4 is 5.32 Å². The number of benzene rings is 2. The van der Waals surface area contributed by atoms with Crippen LogP contribution in [0, 0.1) is 58.2 Å². The van der Waals surface area contributed by atoms with Crippen LogP contribution in [0.1, 0.15) is 173 Å². The van der Waals surface area contributed by atoms with Gasteiger partial charge < -0.3 is 111 Å². The molecule has 764 valence electrons. The Morgan fingerprint density at radius 1 is 0.500 bits per heavy atom. The second-order valence-corrected chi connectivity index (χ2v) is 37.9. The van der Waals surface area contributed by atoms with E-state index in [1.54, 1.807) is 36.4 Å². The minimum absolute atomic E-state index is 0.0337. The molecule has 2 aromatic carbocycles. The molecule has 2 aliphatic heterocycles. The molecule has 6 bridgehead atoms. The minimum atomic E-state index is -1.34. The average molecular weight is 2010 g/mol. The van der Waals surface area contributed by atoms with E-state index in [4.69, 9.17) is 93.2 Å². The fourth-order valence-electron chi connectivity index (χ4n) is 17.7. The molecule has 0 aromatic heterocycles. The molecule has 46 heteroatoms. The Balaban J connectivity index is 0.000000340. The molecule has 138 heavy (non-hydrogen) atoms. The van der Waals surface area contributed by atoms with Crippen molar-refractivity contribution in [3.63, 3.8) is 0 Å². The van der Waals surface area contributed by atoms with Crippen molar-refractivity contribution >= 4 is 153 Å². The van der Waals surface area contributed by atoms with Crippen molar-refractivity contribution in [2.45, 2.75) is 193 Å². The summed E-state index contributed by atoms with van der Waals surface area (Å²) in [5.41, 5.74) is 2.07. The number of fused-ring (bicyclic) bond motifs is 5.